The van der Waals surface area contributed by atoms with Gasteiger partial charge in [-0.25, -0.2) is 0 Å². The number of hydrogen-bond acceptors (Lipinski definition) is 2. The molecular weight excluding hydrogens is 176 g/mol. The van der Waals surface area contributed by atoms with Crippen molar-refractivity contribution in [1.29, 1.82) is 0 Å². The van der Waals surface area contributed by atoms with E-state index in [-0.39, 0.29) is 11.8 Å². The zero-order valence-corrected chi connectivity index (χ0v) is 8.02. The molecule has 2 N–H and O–H groups in total. The Bertz CT molecular complexity index is 323. The SMILES string of the molecule is NC(=O)C1CCN(c2ccccc2)C1. The predicted molar refractivity (Wildman–Crippen MR) is 56.0 cm³/mol. The molecule has 1 heterocycles. The number of nitrogens with zero attached hydrogens (tertiary/aromatic N) is 1. The molecule has 1 fully saturated rings. The molecule has 3 nitrogen and oxygen atoms in total. The monoisotopic (exact) mass is 190 g/mol. The third-order valence-electron chi connectivity index (χ3n) is 2.71. The molecule has 14 heavy (non-hydrogen) atoms. The summed E-state index contributed by atoms with van der Waals surface area (Å²) >= 11 is 0. The van der Waals surface area contributed by atoms with E-state index < -0.39 is 0 Å². The molecule has 1 unspecified atom stereocenters. The third-order valence-corrected chi connectivity index (χ3v) is 2.71. The number of anilines is 1. The van der Waals surface area contributed by atoms with Crippen LogP contribution in [-0.2, 0) is 4.79 Å². The standard InChI is InChI=1S/C11H14N2O/c12-11(14)9-6-7-13(8-9)10-4-2-1-3-5-10/h1-5,9H,6-8H2,(H2,12,14). The summed E-state index contributed by atoms with van der Waals surface area (Å²) < 4.78 is 0. The highest BCUT2D eigenvalue weighted by Crippen LogP contribution is 2.22. The smallest absolute Gasteiger partial charge is 0.222 e. The van der Waals surface area contributed by atoms with Gasteiger partial charge in [-0.3, -0.25) is 4.79 Å². The maximum Gasteiger partial charge on any atom is 0.222 e. The van der Waals surface area contributed by atoms with E-state index in [0.29, 0.717) is 0 Å². The van der Waals surface area contributed by atoms with Gasteiger partial charge in [-0.1, -0.05) is 18.2 Å². The van der Waals surface area contributed by atoms with Crippen LogP contribution >= 0.6 is 0 Å². The van der Waals surface area contributed by atoms with Crippen molar-refractivity contribution in [3.8, 4) is 0 Å². The van der Waals surface area contributed by atoms with Gasteiger partial charge < -0.3 is 10.6 Å². The van der Waals surface area contributed by atoms with E-state index in [0.717, 1.165) is 19.5 Å². The lowest BCUT2D eigenvalue weighted by molar-refractivity contribution is -0.121. The molecule has 3 heteroatoms. The lowest BCUT2D eigenvalue weighted by atomic mass is 10.1. The summed E-state index contributed by atoms with van der Waals surface area (Å²) in [6.45, 7) is 1.69. The Hall–Kier alpha value is -1.51. The van der Waals surface area contributed by atoms with E-state index in [9.17, 15) is 4.79 Å². The molecule has 1 aromatic rings. The summed E-state index contributed by atoms with van der Waals surface area (Å²) in [6, 6.07) is 10.1. The predicted octanol–water partition coefficient (Wildman–Crippen LogP) is 0.998. The fraction of sp³-hybridized carbons (Fsp3) is 0.364. The van der Waals surface area contributed by atoms with Gasteiger partial charge in [-0.2, -0.15) is 0 Å². The molecule has 1 amide bonds. The van der Waals surface area contributed by atoms with Crippen LogP contribution in [0.25, 0.3) is 0 Å². The molecule has 0 aromatic heterocycles. The number of primary amides is 1. The van der Waals surface area contributed by atoms with Crippen LogP contribution in [-0.4, -0.2) is 19.0 Å². The third kappa shape index (κ3) is 1.71. The normalized spacial score (nSPS) is 21.1. The summed E-state index contributed by atoms with van der Waals surface area (Å²) in [5, 5.41) is 0. The molecule has 0 bridgehead atoms. The zero-order chi connectivity index (χ0) is 9.97. The first-order valence-electron chi connectivity index (χ1n) is 4.86. The van der Waals surface area contributed by atoms with Crippen LogP contribution in [0, 0.1) is 5.92 Å². The first kappa shape index (κ1) is 9.06. The van der Waals surface area contributed by atoms with Gasteiger partial charge in [0, 0.05) is 18.8 Å². The number of para-hydroxylation sites is 1. The minimum atomic E-state index is -0.177. The summed E-state index contributed by atoms with van der Waals surface area (Å²) in [7, 11) is 0. The highest BCUT2D eigenvalue weighted by Gasteiger charge is 2.26. The number of hydrogen-bond donors (Lipinski definition) is 1. The van der Waals surface area contributed by atoms with E-state index in [1.165, 1.54) is 5.69 Å². The lowest BCUT2D eigenvalue weighted by Gasteiger charge is -2.17. The molecule has 0 saturated carbocycles. The van der Waals surface area contributed by atoms with E-state index in [1.807, 2.05) is 18.2 Å². The molecule has 0 aliphatic carbocycles. The van der Waals surface area contributed by atoms with Crippen LogP contribution in [0.5, 0.6) is 0 Å². The van der Waals surface area contributed by atoms with Gasteiger partial charge in [0.25, 0.3) is 0 Å². The largest absolute Gasteiger partial charge is 0.371 e. The minimum absolute atomic E-state index is 0.0233. The summed E-state index contributed by atoms with van der Waals surface area (Å²) in [6.07, 6.45) is 0.879. The van der Waals surface area contributed by atoms with Crippen LogP contribution in [0.4, 0.5) is 5.69 Å². The molecule has 74 valence electrons. The average molecular weight is 190 g/mol. The number of carbonyl (C=O) groups is 1. The molecule has 1 atom stereocenters. The number of amides is 1. The lowest BCUT2D eigenvalue weighted by Crippen LogP contribution is -2.27. The topological polar surface area (TPSA) is 46.3 Å². The Kier molecular flexibility index (Phi) is 2.39. The van der Waals surface area contributed by atoms with Crippen LogP contribution in [0.3, 0.4) is 0 Å². The summed E-state index contributed by atoms with van der Waals surface area (Å²) in [4.78, 5) is 13.2. The first-order valence-corrected chi connectivity index (χ1v) is 4.86. The van der Waals surface area contributed by atoms with Gasteiger partial charge in [0.15, 0.2) is 0 Å². The number of benzene rings is 1. The van der Waals surface area contributed by atoms with E-state index in [1.54, 1.807) is 0 Å². The van der Waals surface area contributed by atoms with Crippen LogP contribution in [0.15, 0.2) is 30.3 Å². The van der Waals surface area contributed by atoms with Crippen LogP contribution < -0.4 is 10.6 Å². The van der Waals surface area contributed by atoms with Gasteiger partial charge in [-0.05, 0) is 18.6 Å². The second-order valence-electron chi connectivity index (χ2n) is 3.67. The molecule has 1 aliphatic heterocycles. The highest BCUT2D eigenvalue weighted by atomic mass is 16.1. The highest BCUT2D eigenvalue weighted by molar-refractivity contribution is 5.78. The maximum atomic E-state index is 11.0. The van der Waals surface area contributed by atoms with Crippen molar-refractivity contribution in [2.75, 3.05) is 18.0 Å². The molecule has 0 spiro atoms. The second-order valence-corrected chi connectivity index (χ2v) is 3.67. The van der Waals surface area contributed by atoms with Crippen molar-refractivity contribution in [3.63, 3.8) is 0 Å². The number of rotatable bonds is 2. The zero-order valence-electron chi connectivity index (χ0n) is 8.02. The fourth-order valence-electron chi connectivity index (χ4n) is 1.87. The summed E-state index contributed by atoms with van der Waals surface area (Å²) in [5.41, 5.74) is 6.45. The Morgan fingerprint density at radius 3 is 2.64 bits per heavy atom. The first-order chi connectivity index (χ1) is 6.77. The van der Waals surface area contributed by atoms with Gasteiger partial charge in [0.05, 0.1) is 5.92 Å². The summed E-state index contributed by atoms with van der Waals surface area (Å²) in [5.74, 6) is -0.154. The Labute approximate surface area is 83.5 Å². The van der Waals surface area contributed by atoms with Gasteiger partial charge in [0.2, 0.25) is 5.91 Å². The quantitative estimate of drug-likeness (QED) is 0.756. The van der Waals surface area contributed by atoms with Crippen molar-refractivity contribution in [2.24, 2.45) is 11.7 Å². The number of nitrogens with two attached hydrogens (primary N) is 1. The van der Waals surface area contributed by atoms with Crippen molar-refractivity contribution in [3.05, 3.63) is 30.3 Å². The van der Waals surface area contributed by atoms with Gasteiger partial charge in [-0.15, -0.1) is 0 Å². The van der Waals surface area contributed by atoms with E-state index in [4.69, 9.17) is 5.73 Å². The van der Waals surface area contributed by atoms with E-state index in [2.05, 4.69) is 17.0 Å². The Balaban J connectivity index is 2.06. The molecule has 1 saturated heterocycles. The average Bonchev–Trinajstić information content (AvgIpc) is 2.68. The molecule has 0 radical (unpaired) electrons. The van der Waals surface area contributed by atoms with Crippen molar-refractivity contribution in [1.82, 2.24) is 0 Å². The van der Waals surface area contributed by atoms with Crippen LogP contribution in [0.2, 0.25) is 0 Å². The Morgan fingerprint density at radius 2 is 2.07 bits per heavy atom. The number of carbonyl (C=O) groups excluding carboxylic acids is 1. The van der Waals surface area contributed by atoms with Crippen molar-refractivity contribution < 1.29 is 4.79 Å². The molecular formula is C11H14N2O. The fourth-order valence-corrected chi connectivity index (χ4v) is 1.87. The Morgan fingerprint density at radius 1 is 1.36 bits per heavy atom. The molecule has 1 aromatic carbocycles. The van der Waals surface area contributed by atoms with Crippen LogP contribution in [0.1, 0.15) is 6.42 Å². The van der Waals surface area contributed by atoms with Gasteiger partial charge >= 0.3 is 0 Å². The van der Waals surface area contributed by atoms with Gasteiger partial charge in [0.1, 0.15) is 0 Å². The minimum Gasteiger partial charge on any atom is -0.371 e. The molecule has 1 aliphatic rings. The van der Waals surface area contributed by atoms with E-state index >= 15 is 0 Å². The maximum absolute atomic E-state index is 11.0. The van der Waals surface area contributed by atoms with Crippen molar-refractivity contribution in [2.45, 2.75) is 6.42 Å². The molecule has 2 rings (SSSR count). The van der Waals surface area contributed by atoms with Crippen molar-refractivity contribution >= 4 is 11.6 Å². The second kappa shape index (κ2) is 3.70.